The number of hydrogen-bond donors (Lipinski definition) is 0. The number of fused-ring (bicyclic) bond motifs is 2. The minimum Gasteiger partial charge on any atom is -0.492 e. The van der Waals surface area contributed by atoms with Gasteiger partial charge in [0.15, 0.2) is 6.29 Å². The first-order chi connectivity index (χ1) is 12.3. The number of aldehydes is 1. The van der Waals surface area contributed by atoms with Crippen molar-refractivity contribution in [3.05, 3.63) is 66.2 Å². The van der Waals surface area contributed by atoms with E-state index in [2.05, 4.69) is 29.2 Å². The third kappa shape index (κ3) is 3.35. The molecule has 25 heavy (non-hydrogen) atoms. The molecule has 0 radical (unpaired) electrons. The zero-order valence-corrected chi connectivity index (χ0v) is 14.7. The summed E-state index contributed by atoms with van der Waals surface area (Å²) < 4.78 is 5.97. The SMILES string of the molecule is O=Cc1cccc2cc(OCCN3CCSc4ccccc43)ccc12. The van der Waals surface area contributed by atoms with Gasteiger partial charge in [-0.15, -0.1) is 11.8 Å². The maximum atomic E-state index is 11.1. The van der Waals surface area contributed by atoms with Gasteiger partial charge in [-0.1, -0.05) is 30.3 Å². The molecule has 4 rings (SSSR count). The monoisotopic (exact) mass is 349 g/mol. The van der Waals surface area contributed by atoms with Crippen LogP contribution < -0.4 is 9.64 Å². The van der Waals surface area contributed by atoms with E-state index in [4.69, 9.17) is 4.74 Å². The van der Waals surface area contributed by atoms with E-state index in [9.17, 15) is 4.79 Å². The molecule has 1 aliphatic heterocycles. The maximum absolute atomic E-state index is 11.1. The Bertz CT molecular complexity index is 909. The molecular formula is C21H19NO2S. The van der Waals surface area contributed by atoms with Crippen molar-refractivity contribution in [3.8, 4) is 5.75 Å². The van der Waals surface area contributed by atoms with Gasteiger partial charge in [-0.2, -0.15) is 0 Å². The van der Waals surface area contributed by atoms with Crippen molar-refractivity contribution in [2.24, 2.45) is 0 Å². The molecular weight excluding hydrogens is 330 g/mol. The van der Waals surface area contributed by atoms with Crippen LogP contribution >= 0.6 is 11.8 Å². The summed E-state index contributed by atoms with van der Waals surface area (Å²) in [6.45, 7) is 2.55. The number of para-hydroxylation sites is 1. The first-order valence-electron chi connectivity index (χ1n) is 8.43. The van der Waals surface area contributed by atoms with Crippen LogP contribution in [-0.4, -0.2) is 31.7 Å². The Morgan fingerprint density at radius 1 is 1.08 bits per heavy atom. The number of benzene rings is 3. The molecule has 0 aromatic heterocycles. The predicted octanol–water partition coefficient (Wildman–Crippen LogP) is 4.64. The zero-order valence-electron chi connectivity index (χ0n) is 13.9. The fourth-order valence-electron chi connectivity index (χ4n) is 3.21. The van der Waals surface area contributed by atoms with E-state index in [1.54, 1.807) is 0 Å². The molecule has 0 spiro atoms. The van der Waals surface area contributed by atoms with Crippen LogP contribution in [-0.2, 0) is 0 Å². The fourth-order valence-corrected chi connectivity index (χ4v) is 4.26. The van der Waals surface area contributed by atoms with Crippen molar-refractivity contribution in [2.45, 2.75) is 4.90 Å². The summed E-state index contributed by atoms with van der Waals surface area (Å²) in [5.74, 6) is 1.96. The lowest BCUT2D eigenvalue weighted by Crippen LogP contribution is -2.33. The Morgan fingerprint density at radius 2 is 2.00 bits per heavy atom. The van der Waals surface area contributed by atoms with Crippen molar-refractivity contribution < 1.29 is 9.53 Å². The molecule has 0 N–H and O–H groups in total. The number of thioether (sulfide) groups is 1. The third-order valence-electron chi connectivity index (χ3n) is 4.47. The summed E-state index contributed by atoms with van der Waals surface area (Å²) in [5, 5.41) is 1.99. The second-order valence-corrected chi connectivity index (χ2v) is 7.14. The van der Waals surface area contributed by atoms with Gasteiger partial charge in [0, 0.05) is 22.8 Å². The highest BCUT2D eigenvalue weighted by atomic mass is 32.2. The van der Waals surface area contributed by atoms with E-state index in [0.29, 0.717) is 12.2 Å². The largest absolute Gasteiger partial charge is 0.492 e. The summed E-state index contributed by atoms with van der Waals surface area (Å²) in [5.41, 5.74) is 2.02. The normalized spacial score (nSPS) is 13.5. The molecule has 0 amide bonds. The highest BCUT2D eigenvalue weighted by molar-refractivity contribution is 7.99. The molecule has 0 unspecified atom stereocenters. The molecule has 3 nitrogen and oxygen atoms in total. The van der Waals surface area contributed by atoms with Crippen molar-refractivity contribution in [3.63, 3.8) is 0 Å². The van der Waals surface area contributed by atoms with E-state index in [1.807, 2.05) is 48.2 Å². The number of nitrogens with zero attached hydrogens (tertiary/aromatic N) is 1. The first-order valence-corrected chi connectivity index (χ1v) is 9.41. The Kier molecular flexibility index (Phi) is 4.61. The molecule has 0 saturated carbocycles. The average molecular weight is 349 g/mol. The summed E-state index contributed by atoms with van der Waals surface area (Å²) in [7, 11) is 0. The number of hydrogen-bond acceptors (Lipinski definition) is 4. The van der Waals surface area contributed by atoms with E-state index >= 15 is 0 Å². The van der Waals surface area contributed by atoms with E-state index < -0.39 is 0 Å². The third-order valence-corrected chi connectivity index (χ3v) is 5.51. The summed E-state index contributed by atoms with van der Waals surface area (Å²) in [6, 6.07) is 20.2. The van der Waals surface area contributed by atoms with Crippen molar-refractivity contribution in [2.75, 3.05) is 30.3 Å². The van der Waals surface area contributed by atoms with Gasteiger partial charge >= 0.3 is 0 Å². The van der Waals surface area contributed by atoms with Gasteiger partial charge in [0.2, 0.25) is 0 Å². The Morgan fingerprint density at radius 3 is 2.92 bits per heavy atom. The highest BCUT2D eigenvalue weighted by Gasteiger charge is 2.16. The minimum atomic E-state index is 0.637. The van der Waals surface area contributed by atoms with Crippen molar-refractivity contribution in [1.29, 1.82) is 0 Å². The number of carbonyl (C=O) groups is 1. The lowest BCUT2D eigenvalue weighted by atomic mass is 10.1. The maximum Gasteiger partial charge on any atom is 0.150 e. The van der Waals surface area contributed by atoms with E-state index in [-0.39, 0.29) is 0 Å². The topological polar surface area (TPSA) is 29.5 Å². The number of carbonyl (C=O) groups excluding carboxylic acids is 1. The predicted molar refractivity (Wildman–Crippen MR) is 104 cm³/mol. The quantitative estimate of drug-likeness (QED) is 0.628. The molecule has 0 bridgehead atoms. The molecule has 3 aromatic rings. The number of anilines is 1. The van der Waals surface area contributed by atoms with Crippen LogP contribution in [0, 0.1) is 0 Å². The van der Waals surface area contributed by atoms with Gasteiger partial charge in [0.1, 0.15) is 12.4 Å². The summed E-state index contributed by atoms with van der Waals surface area (Å²) in [6.07, 6.45) is 0.897. The minimum absolute atomic E-state index is 0.637. The molecule has 0 fully saturated rings. The second-order valence-electron chi connectivity index (χ2n) is 6.00. The first kappa shape index (κ1) is 16.0. The standard InChI is InChI=1S/C21H19NO2S/c23-15-17-5-3-4-16-14-18(8-9-19(16)17)24-12-10-22-11-13-25-21-7-2-1-6-20(21)22/h1-9,14-15H,10-13H2. The van der Waals surface area contributed by atoms with Crippen LogP contribution in [0.5, 0.6) is 5.75 Å². The van der Waals surface area contributed by atoms with Crippen LogP contribution in [0.4, 0.5) is 5.69 Å². The number of ether oxygens (including phenoxy) is 1. The molecule has 1 heterocycles. The van der Waals surface area contributed by atoms with Crippen LogP contribution in [0.2, 0.25) is 0 Å². The Labute approximate surface area is 151 Å². The van der Waals surface area contributed by atoms with Crippen LogP contribution in [0.15, 0.2) is 65.6 Å². The van der Waals surface area contributed by atoms with Crippen LogP contribution in [0.3, 0.4) is 0 Å². The van der Waals surface area contributed by atoms with Gasteiger partial charge in [0.25, 0.3) is 0 Å². The van der Waals surface area contributed by atoms with Crippen LogP contribution in [0.1, 0.15) is 10.4 Å². The zero-order chi connectivity index (χ0) is 17.1. The van der Waals surface area contributed by atoms with Gasteiger partial charge in [-0.25, -0.2) is 0 Å². The Hall–Kier alpha value is -2.46. The Balaban J connectivity index is 1.44. The highest BCUT2D eigenvalue weighted by Crippen LogP contribution is 2.34. The average Bonchev–Trinajstić information content (AvgIpc) is 2.67. The molecule has 0 saturated heterocycles. The molecule has 4 heteroatoms. The van der Waals surface area contributed by atoms with Gasteiger partial charge in [0.05, 0.1) is 12.2 Å². The number of rotatable bonds is 5. The lowest BCUT2D eigenvalue weighted by Gasteiger charge is -2.30. The smallest absolute Gasteiger partial charge is 0.150 e. The van der Waals surface area contributed by atoms with E-state index in [0.717, 1.165) is 41.7 Å². The van der Waals surface area contributed by atoms with Gasteiger partial charge < -0.3 is 9.64 Å². The van der Waals surface area contributed by atoms with Gasteiger partial charge in [-0.05, 0) is 41.1 Å². The van der Waals surface area contributed by atoms with Gasteiger partial charge in [-0.3, -0.25) is 4.79 Å². The summed E-state index contributed by atoms with van der Waals surface area (Å²) in [4.78, 5) is 14.8. The fraction of sp³-hybridized carbons (Fsp3) is 0.190. The molecule has 126 valence electrons. The van der Waals surface area contributed by atoms with Crippen molar-refractivity contribution >= 4 is 34.5 Å². The molecule has 0 aliphatic carbocycles. The molecule has 3 aromatic carbocycles. The van der Waals surface area contributed by atoms with Crippen molar-refractivity contribution in [1.82, 2.24) is 0 Å². The lowest BCUT2D eigenvalue weighted by molar-refractivity contribution is 0.112. The van der Waals surface area contributed by atoms with E-state index in [1.165, 1.54) is 10.6 Å². The van der Waals surface area contributed by atoms with Crippen LogP contribution in [0.25, 0.3) is 10.8 Å². The second kappa shape index (κ2) is 7.19. The summed E-state index contributed by atoms with van der Waals surface area (Å²) >= 11 is 1.92. The molecule has 0 atom stereocenters. The molecule has 1 aliphatic rings.